The van der Waals surface area contributed by atoms with E-state index >= 15 is 0 Å². The van der Waals surface area contributed by atoms with Crippen LogP contribution in [0.1, 0.15) is 31.9 Å². The van der Waals surface area contributed by atoms with E-state index in [1.165, 1.54) is 5.56 Å². The smallest absolute Gasteiger partial charge is 0.147 e. The first-order valence-corrected chi connectivity index (χ1v) is 6.57. The second kappa shape index (κ2) is 5.53. The van der Waals surface area contributed by atoms with Crippen LogP contribution in [0.25, 0.3) is 10.9 Å². The lowest BCUT2D eigenvalue weighted by molar-refractivity contribution is 0.587. The number of aryl methyl sites for hydroxylation is 1. The summed E-state index contributed by atoms with van der Waals surface area (Å²) in [4.78, 5) is 0. The van der Waals surface area contributed by atoms with Crippen molar-refractivity contribution in [3.05, 3.63) is 35.8 Å². The van der Waals surface area contributed by atoms with Crippen LogP contribution in [0.3, 0.4) is 0 Å². The Labute approximate surface area is 108 Å². The molecule has 1 heterocycles. The Morgan fingerprint density at radius 1 is 1.33 bits per heavy atom. The molecule has 18 heavy (non-hydrogen) atoms. The minimum absolute atomic E-state index is 0.124. The number of benzene rings is 1. The molecule has 2 aromatic rings. The first kappa shape index (κ1) is 13.1. The fraction of sp³-hybridized carbons (Fsp3) is 0.467. The van der Waals surface area contributed by atoms with Gasteiger partial charge in [0.05, 0.1) is 5.52 Å². The van der Waals surface area contributed by atoms with Crippen molar-refractivity contribution in [3.63, 3.8) is 0 Å². The Hall–Kier alpha value is -1.35. The van der Waals surface area contributed by atoms with Gasteiger partial charge in [-0.15, -0.1) is 0 Å². The first-order valence-electron chi connectivity index (χ1n) is 6.57. The SMILES string of the molecule is CNCCCc1cn(C(C)C)c2c(F)cccc12. The van der Waals surface area contributed by atoms with Crippen LogP contribution in [-0.4, -0.2) is 18.2 Å². The summed E-state index contributed by atoms with van der Waals surface area (Å²) >= 11 is 0. The number of nitrogens with one attached hydrogen (secondary N) is 1. The Bertz CT molecular complexity index is 529. The summed E-state index contributed by atoms with van der Waals surface area (Å²) in [6, 6.07) is 5.64. The molecule has 0 unspecified atom stereocenters. The van der Waals surface area contributed by atoms with Crippen LogP contribution >= 0.6 is 0 Å². The number of hydrogen-bond donors (Lipinski definition) is 1. The molecule has 2 nitrogen and oxygen atoms in total. The number of rotatable bonds is 5. The van der Waals surface area contributed by atoms with Crippen molar-refractivity contribution in [2.45, 2.75) is 32.7 Å². The van der Waals surface area contributed by atoms with Crippen molar-refractivity contribution >= 4 is 10.9 Å². The van der Waals surface area contributed by atoms with Gasteiger partial charge >= 0.3 is 0 Å². The molecule has 98 valence electrons. The van der Waals surface area contributed by atoms with Crippen LogP contribution in [-0.2, 0) is 6.42 Å². The standard InChI is InChI=1S/C15H21FN2/c1-11(2)18-10-12(6-5-9-17-3)13-7-4-8-14(16)15(13)18/h4,7-8,10-11,17H,5-6,9H2,1-3H3. The number of nitrogens with zero attached hydrogens (tertiary/aromatic N) is 1. The maximum atomic E-state index is 14.0. The van der Waals surface area contributed by atoms with Crippen molar-refractivity contribution in [2.24, 2.45) is 0 Å². The van der Waals surface area contributed by atoms with Crippen LogP contribution < -0.4 is 5.32 Å². The fourth-order valence-corrected chi connectivity index (χ4v) is 2.40. The first-order chi connectivity index (χ1) is 8.65. The van der Waals surface area contributed by atoms with Gasteiger partial charge in [-0.2, -0.15) is 0 Å². The zero-order valence-electron chi connectivity index (χ0n) is 11.3. The summed E-state index contributed by atoms with van der Waals surface area (Å²) in [5, 5.41) is 4.20. The van der Waals surface area contributed by atoms with Crippen LogP contribution in [0.5, 0.6) is 0 Å². The third-order valence-electron chi connectivity index (χ3n) is 3.32. The van der Waals surface area contributed by atoms with E-state index in [1.54, 1.807) is 12.1 Å². The molecule has 0 saturated carbocycles. The van der Waals surface area contributed by atoms with E-state index in [9.17, 15) is 4.39 Å². The topological polar surface area (TPSA) is 17.0 Å². The fourth-order valence-electron chi connectivity index (χ4n) is 2.40. The Balaban J connectivity index is 2.44. The van der Waals surface area contributed by atoms with Gasteiger partial charge in [0.2, 0.25) is 0 Å². The molecule has 0 bridgehead atoms. The van der Waals surface area contributed by atoms with Crippen LogP contribution in [0.15, 0.2) is 24.4 Å². The Kier molecular flexibility index (Phi) is 4.02. The van der Waals surface area contributed by atoms with E-state index in [4.69, 9.17) is 0 Å². The quantitative estimate of drug-likeness (QED) is 0.801. The third kappa shape index (κ3) is 2.41. The summed E-state index contributed by atoms with van der Waals surface area (Å²) < 4.78 is 16.0. The monoisotopic (exact) mass is 248 g/mol. The van der Waals surface area contributed by atoms with Gasteiger partial charge in [0.15, 0.2) is 0 Å². The highest BCUT2D eigenvalue weighted by Gasteiger charge is 2.13. The van der Waals surface area contributed by atoms with E-state index in [2.05, 4.69) is 25.4 Å². The molecule has 0 fully saturated rings. The predicted octanol–water partition coefficient (Wildman–Crippen LogP) is 3.51. The third-order valence-corrected chi connectivity index (χ3v) is 3.32. The maximum absolute atomic E-state index is 14.0. The van der Waals surface area contributed by atoms with Crippen LogP contribution in [0.2, 0.25) is 0 Å². The molecule has 0 radical (unpaired) electrons. The Morgan fingerprint density at radius 3 is 2.78 bits per heavy atom. The van der Waals surface area contributed by atoms with Crippen molar-refractivity contribution < 1.29 is 4.39 Å². The average molecular weight is 248 g/mol. The van der Waals surface area contributed by atoms with E-state index < -0.39 is 0 Å². The van der Waals surface area contributed by atoms with E-state index in [-0.39, 0.29) is 11.9 Å². The predicted molar refractivity (Wildman–Crippen MR) is 74.5 cm³/mol. The van der Waals surface area contributed by atoms with Gasteiger partial charge < -0.3 is 9.88 Å². The van der Waals surface area contributed by atoms with Crippen molar-refractivity contribution in [2.75, 3.05) is 13.6 Å². The molecule has 0 amide bonds. The molecule has 0 saturated heterocycles. The average Bonchev–Trinajstić information content (AvgIpc) is 2.70. The number of hydrogen-bond acceptors (Lipinski definition) is 1. The number of fused-ring (bicyclic) bond motifs is 1. The molecule has 2 rings (SSSR count). The molecule has 0 aliphatic carbocycles. The van der Waals surface area contributed by atoms with Gasteiger partial charge in [-0.3, -0.25) is 0 Å². The van der Waals surface area contributed by atoms with Gasteiger partial charge in [-0.1, -0.05) is 12.1 Å². The lowest BCUT2D eigenvalue weighted by Crippen LogP contribution is -2.08. The minimum atomic E-state index is -0.124. The summed E-state index contributed by atoms with van der Waals surface area (Å²) in [6.45, 7) is 5.16. The highest BCUT2D eigenvalue weighted by molar-refractivity contribution is 5.84. The highest BCUT2D eigenvalue weighted by atomic mass is 19.1. The molecular weight excluding hydrogens is 227 g/mol. The molecule has 1 aromatic carbocycles. The molecular formula is C15H21FN2. The molecule has 0 aliphatic heterocycles. The van der Waals surface area contributed by atoms with Crippen LogP contribution in [0, 0.1) is 5.82 Å². The summed E-state index contributed by atoms with van der Waals surface area (Å²) in [7, 11) is 1.96. The number of aromatic nitrogens is 1. The van der Waals surface area contributed by atoms with E-state index in [0.29, 0.717) is 0 Å². The minimum Gasteiger partial charge on any atom is -0.342 e. The molecule has 1 N–H and O–H groups in total. The van der Waals surface area contributed by atoms with Gasteiger partial charge in [0, 0.05) is 17.6 Å². The van der Waals surface area contributed by atoms with Gasteiger partial charge in [0.1, 0.15) is 5.82 Å². The van der Waals surface area contributed by atoms with E-state index in [0.717, 1.165) is 30.3 Å². The van der Waals surface area contributed by atoms with Crippen molar-refractivity contribution in [1.29, 1.82) is 0 Å². The maximum Gasteiger partial charge on any atom is 0.147 e. The molecule has 0 atom stereocenters. The number of para-hydroxylation sites is 1. The lowest BCUT2D eigenvalue weighted by atomic mass is 10.1. The normalized spacial score (nSPS) is 11.6. The van der Waals surface area contributed by atoms with Crippen LogP contribution in [0.4, 0.5) is 4.39 Å². The van der Waals surface area contributed by atoms with Crippen molar-refractivity contribution in [3.8, 4) is 0 Å². The second-order valence-electron chi connectivity index (χ2n) is 5.00. The highest BCUT2D eigenvalue weighted by Crippen LogP contribution is 2.27. The lowest BCUT2D eigenvalue weighted by Gasteiger charge is -2.09. The zero-order chi connectivity index (χ0) is 13.1. The van der Waals surface area contributed by atoms with Gasteiger partial charge in [0.25, 0.3) is 0 Å². The van der Waals surface area contributed by atoms with E-state index in [1.807, 2.05) is 17.7 Å². The summed E-state index contributed by atoms with van der Waals surface area (Å²) in [5.41, 5.74) is 1.99. The second-order valence-corrected chi connectivity index (χ2v) is 5.00. The van der Waals surface area contributed by atoms with Gasteiger partial charge in [-0.05, 0) is 51.9 Å². The summed E-state index contributed by atoms with van der Waals surface area (Å²) in [6.07, 6.45) is 4.17. The molecule has 0 aliphatic rings. The van der Waals surface area contributed by atoms with Crippen molar-refractivity contribution in [1.82, 2.24) is 9.88 Å². The molecule has 3 heteroatoms. The van der Waals surface area contributed by atoms with Gasteiger partial charge in [-0.25, -0.2) is 4.39 Å². The largest absolute Gasteiger partial charge is 0.342 e. The zero-order valence-corrected chi connectivity index (χ0v) is 11.3. The molecule has 0 spiro atoms. The summed E-state index contributed by atoms with van der Waals surface area (Å²) in [5.74, 6) is -0.124. The molecule has 1 aromatic heterocycles. The Morgan fingerprint density at radius 2 is 2.11 bits per heavy atom. The number of halogens is 1.